The average molecular weight is 559 g/mol. The van der Waals surface area contributed by atoms with Crippen molar-refractivity contribution in [3.8, 4) is 28.7 Å². The summed E-state index contributed by atoms with van der Waals surface area (Å²) in [6.45, 7) is 0. The van der Waals surface area contributed by atoms with Crippen molar-refractivity contribution in [3.05, 3.63) is 131 Å². The Morgan fingerprint density at radius 3 is 2.19 bits per heavy atom. The fourth-order valence-electron chi connectivity index (χ4n) is 6.71. The molecule has 200 valence electrons. The lowest BCUT2D eigenvalue weighted by atomic mass is 9.85. The third-order valence-electron chi connectivity index (χ3n) is 8.58. The summed E-state index contributed by atoms with van der Waals surface area (Å²) in [5.41, 5.74) is 11.3. The van der Waals surface area contributed by atoms with E-state index in [0.29, 0.717) is 17.6 Å². The van der Waals surface area contributed by atoms with Crippen LogP contribution in [0.15, 0.2) is 113 Å². The van der Waals surface area contributed by atoms with E-state index in [2.05, 4.69) is 77.4 Å². The highest BCUT2D eigenvalue weighted by Gasteiger charge is 2.32. The van der Waals surface area contributed by atoms with E-state index >= 15 is 0 Å². The van der Waals surface area contributed by atoms with Crippen LogP contribution in [0.3, 0.4) is 0 Å². The minimum Gasteiger partial charge on any atom is -0.277 e. The maximum atomic E-state index is 5.18. The Morgan fingerprint density at radius 2 is 1.43 bits per heavy atom. The summed E-state index contributed by atoms with van der Waals surface area (Å²) in [6.07, 6.45) is 11.2. The first-order valence-corrected chi connectivity index (χ1v) is 15.4. The third-order valence-corrected chi connectivity index (χ3v) is 9.76. The molecule has 0 saturated heterocycles. The van der Waals surface area contributed by atoms with Crippen molar-refractivity contribution >= 4 is 34.3 Å². The molecule has 2 aromatic heterocycles. The van der Waals surface area contributed by atoms with Crippen LogP contribution in [0, 0.1) is 0 Å². The van der Waals surface area contributed by atoms with Crippen LogP contribution in [0.25, 0.3) is 51.3 Å². The van der Waals surface area contributed by atoms with E-state index in [1.54, 1.807) is 0 Å². The van der Waals surface area contributed by atoms with Gasteiger partial charge in [0.25, 0.3) is 0 Å². The molecule has 0 amide bonds. The van der Waals surface area contributed by atoms with Gasteiger partial charge in [-0.3, -0.25) is 4.57 Å². The van der Waals surface area contributed by atoms with Gasteiger partial charge in [-0.25, -0.2) is 4.98 Å². The van der Waals surface area contributed by atoms with Gasteiger partial charge in [-0.1, -0.05) is 103 Å². The van der Waals surface area contributed by atoms with E-state index in [1.807, 2.05) is 48.2 Å². The highest BCUT2D eigenvalue weighted by atomic mass is 32.2. The van der Waals surface area contributed by atoms with Crippen LogP contribution in [0.4, 0.5) is 0 Å². The Balaban J connectivity index is 1.39. The third kappa shape index (κ3) is 3.60. The zero-order valence-electron chi connectivity index (χ0n) is 22.9. The second kappa shape index (κ2) is 9.40. The Labute approximate surface area is 248 Å². The van der Waals surface area contributed by atoms with Gasteiger partial charge in [-0.05, 0) is 66.2 Å². The second-order valence-electron chi connectivity index (χ2n) is 11.0. The van der Waals surface area contributed by atoms with Gasteiger partial charge >= 0.3 is 0 Å². The minimum absolute atomic E-state index is 0.664. The Kier molecular flexibility index (Phi) is 5.35. The fraction of sp³-hybridized carbons (Fsp3) is 0.108. The summed E-state index contributed by atoms with van der Waals surface area (Å²) in [7, 11) is 0. The van der Waals surface area contributed by atoms with Gasteiger partial charge in [0.05, 0.1) is 11.2 Å². The standard InChI is InChI=1S/C37H26N4S/c1-3-12-23(13-4-1)35-38-36(24-14-5-2-6-15-24)40-37(39-35)41-30-20-9-7-17-26(30)29-22-25-16-11-19-28-27-18-8-10-21-31(27)42-34(32(25)28)33(29)41/h1-6,8-10,12-15,18-22H,7,11,16-17H2. The first-order valence-electron chi connectivity index (χ1n) is 14.6. The molecule has 0 atom stereocenters. The van der Waals surface area contributed by atoms with Crippen molar-refractivity contribution in [1.82, 2.24) is 19.5 Å². The monoisotopic (exact) mass is 558 g/mol. The van der Waals surface area contributed by atoms with Crippen LogP contribution < -0.4 is 0 Å². The first kappa shape index (κ1) is 23.9. The summed E-state index contributed by atoms with van der Waals surface area (Å²) >= 11 is 1.90. The van der Waals surface area contributed by atoms with Crippen LogP contribution in [0.2, 0.25) is 0 Å². The average Bonchev–Trinajstić information content (AvgIpc) is 3.40. The first-order chi connectivity index (χ1) is 20.8. The largest absolute Gasteiger partial charge is 0.277 e. The SMILES string of the molecule is C1=Cc2c(c3cc4c5c(c3n2-c2nc(-c3ccccc3)nc(-c3ccccc3)n2)Sc2ccccc2C5=CCC4)CC1. The summed E-state index contributed by atoms with van der Waals surface area (Å²) in [5, 5.41) is 1.33. The van der Waals surface area contributed by atoms with Crippen LogP contribution in [-0.4, -0.2) is 19.5 Å². The lowest BCUT2D eigenvalue weighted by Gasteiger charge is -2.28. The normalized spacial score (nSPS) is 14.7. The van der Waals surface area contributed by atoms with Crippen LogP contribution >= 0.6 is 11.8 Å². The number of hydrogen-bond acceptors (Lipinski definition) is 4. The molecule has 0 fully saturated rings. The van der Waals surface area contributed by atoms with Crippen molar-refractivity contribution in [2.75, 3.05) is 0 Å². The van der Waals surface area contributed by atoms with Crippen molar-refractivity contribution in [3.63, 3.8) is 0 Å². The number of aromatic nitrogens is 4. The van der Waals surface area contributed by atoms with E-state index in [0.717, 1.165) is 36.8 Å². The van der Waals surface area contributed by atoms with Crippen molar-refractivity contribution in [2.24, 2.45) is 0 Å². The van der Waals surface area contributed by atoms with E-state index < -0.39 is 0 Å². The number of hydrogen-bond donors (Lipinski definition) is 0. The molecule has 0 N–H and O–H groups in total. The second-order valence-corrected chi connectivity index (χ2v) is 12.1. The molecule has 0 spiro atoms. The molecule has 3 heterocycles. The number of allylic oxidation sites excluding steroid dienone is 2. The van der Waals surface area contributed by atoms with Gasteiger partial charge in [0.1, 0.15) is 0 Å². The predicted octanol–water partition coefficient (Wildman–Crippen LogP) is 8.95. The molecular weight excluding hydrogens is 533 g/mol. The number of aryl methyl sites for hydroxylation is 2. The van der Waals surface area contributed by atoms with Gasteiger partial charge in [-0.2, -0.15) is 9.97 Å². The molecule has 1 aliphatic heterocycles. The summed E-state index contributed by atoms with van der Waals surface area (Å²) in [6, 6.07) is 31.8. The van der Waals surface area contributed by atoms with Crippen molar-refractivity contribution in [1.29, 1.82) is 0 Å². The van der Waals surface area contributed by atoms with Gasteiger partial charge in [0.15, 0.2) is 11.6 Å². The minimum atomic E-state index is 0.664. The lowest BCUT2D eigenvalue weighted by Crippen LogP contribution is -2.11. The summed E-state index contributed by atoms with van der Waals surface area (Å²) in [5.74, 6) is 2.03. The molecule has 5 heteroatoms. The van der Waals surface area contributed by atoms with Crippen molar-refractivity contribution < 1.29 is 0 Å². The molecule has 0 radical (unpaired) electrons. The maximum absolute atomic E-state index is 5.18. The fourth-order valence-corrected chi connectivity index (χ4v) is 8.01. The van der Waals surface area contributed by atoms with E-state index in [1.165, 1.54) is 54.2 Å². The molecule has 4 aromatic carbocycles. The molecule has 42 heavy (non-hydrogen) atoms. The van der Waals surface area contributed by atoms with Gasteiger partial charge in [0.2, 0.25) is 5.95 Å². The number of fused-ring (bicyclic) bond motifs is 6. The molecule has 2 aliphatic carbocycles. The van der Waals surface area contributed by atoms with E-state index in [-0.39, 0.29) is 0 Å². The van der Waals surface area contributed by atoms with Crippen LogP contribution in [0.5, 0.6) is 0 Å². The van der Waals surface area contributed by atoms with Gasteiger partial charge in [-0.15, -0.1) is 0 Å². The van der Waals surface area contributed by atoms with Crippen LogP contribution in [0.1, 0.15) is 40.8 Å². The summed E-state index contributed by atoms with van der Waals surface area (Å²) in [4.78, 5) is 18.0. The Morgan fingerprint density at radius 1 is 0.714 bits per heavy atom. The highest BCUT2D eigenvalue weighted by molar-refractivity contribution is 7.99. The quantitative estimate of drug-likeness (QED) is 0.217. The molecule has 4 nitrogen and oxygen atoms in total. The van der Waals surface area contributed by atoms with E-state index in [4.69, 9.17) is 15.0 Å². The van der Waals surface area contributed by atoms with Gasteiger partial charge < -0.3 is 0 Å². The lowest BCUT2D eigenvalue weighted by molar-refractivity contribution is 0.897. The Hall–Kier alpha value is -4.74. The van der Waals surface area contributed by atoms with Crippen LogP contribution in [-0.2, 0) is 12.8 Å². The molecule has 3 aliphatic rings. The summed E-state index contributed by atoms with van der Waals surface area (Å²) < 4.78 is 2.32. The number of benzene rings is 4. The van der Waals surface area contributed by atoms with E-state index in [9.17, 15) is 0 Å². The topological polar surface area (TPSA) is 43.6 Å². The Bertz CT molecular complexity index is 2050. The zero-order chi connectivity index (χ0) is 27.6. The number of nitrogens with zero attached hydrogens (tertiary/aromatic N) is 4. The molecule has 9 rings (SSSR count). The molecule has 0 unspecified atom stereocenters. The molecular formula is C37H26N4S. The van der Waals surface area contributed by atoms with Crippen molar-refractivity contribution in [2.45, 2.75) is 35.5 Å². The number of rotatable bonds is 3. The van der Waals surface area contributed by atoms with Gasteiger partial charge in [0, 0.05) is 31.9 Å². The smallest absolute Gasteiger partial charge is 0.238 e. The maximum Gasteiger partial charge on any atom is 0.238 e. The molecule has 0 saturated carbocycles. The highest BCUT2D eigenvalue weighted by Crippen LogP contribution is 2.53. The predicted molar refractivity (Wildman–Crippen MR) is 171 cm³/mol. The molecule has 6 aromatic rings. The molecule has 0 bridgehead atoms. The zero-order valence-corrected chi connectivity index (χ0v) is 23.7.